The highest BCUT2D eigenvalue weighted by Crippen LogP contribution is 1.93. The lowest BCUT2D eigenvalue weighted by Crippen LogP contribution is -1.93. The number of nitrogens with zero attached hydrogens (tertiary/aromatic N) is 3. The lowest BCUT2D eigenvalue weighted by atomic mass is 10.5. The first-order chi connectivity index (χ1) is 4.38. The van der Waals surface area contributed by atoms with Gasteiger partial charge in [-0.15, -0.1) is 0 Å². The number of rotatable bonds is 1. The molecule has 0 radical (unpaired) electrons. The first-order valence-corrected chi connectivity index (χ1v) is 2.80. The van der Waals surface area contributed by atoms with E-state index in [0.29, 0.717) is 0 Å². The van der Waals surface area contributed by atoms with Crippen LogP contribution in [0.25, 0.3) is 0 Å². The Labute approximate surface area is 53.6 Å². The van der Waals surface area contributed by atoms with Gasteiger partial charge in [-0.2, -0.15) is 5.26 Å². The van der Waals surface area contributed by atoms with Gasteiger partial charge >= 0.3 is 0 Å². The van der Waals surface area contributed by atoms with Gasteiger partial charge in [0.1, 0.15) is 5.82 Å². The third-order valence-corrected chi connectivity index (χ3v) is 1.14. The van der Waals surface area contributed by atoms with Crippen molar-refractivity contribution in [2.75, 3.05) is 0 Å². The zero-order chi connectivity index (χ0) is 6.69. The van der Waals surface area contributed by atoms with Gasteiger partial charge in [0, 0.05) is 18.8 Å². The van der Waals surface area contributed by atoms with Gasteiger partial charge in [-0.05, 0) is 0 Å². The van der Waals surface area contributed by atoms with Crippen LogP contribution in [-0.4, -0.2) is 9.55 Å². The second-order valence-electron chi connectivity index (χ2n) is 1.67. The van der Waals surface area contributed by atoms with Gasteiger partial charge in [-0.25, -0.2) is 9.55 Å². The number of hydrogen-bond donors (Lipinski definition) is 0. The summed E-state index contributed by atoms with van der Waals surface area (Å²) in [5, 5.41) is 8.41. The quantitative estimate of drug-likeness (QED) is 0.550. The second-order valence-corrected chi connectivity index (χ2v) is 1.67. The fourth-order valence-corrected chi connectivity index (χ4v) is 0.687. The van der Waals surface area contributed by atoms with Crippen LogP contribution >= 0.6 is 0 Å². The van der Waals surface area contributed by atoms with Gasteiger partial charge in [0.25, 0.3) is 0 Å². The molecule has 0 spiro atoms. The predicted octanol–water partition coefficient (Wildman–Crippen LogP) is 0.775. The van der Waals surface area contributed by atoms with E-state index in [-0.39, 0.29) is 0 Å². The standard InChI is InChI=1S/C6H7N3/c1-2-6-8-3-4-9(6)5-7/h3-4H,2H2,1H3. The van der Waals surface area contributed by atoms with Crippen LogP contribution in [0.1, 0.15) is 12.7 Å². The Hall–Kier alpha value is -1.30. The number of nitriles is 1. The third kappa shape index (κ3) is 0.918. The highest BCUT2D eigenvalue weighted by molar-refractivity contribution is 4.99. The van der Waals surface area contributed by atoms with Gasteiger partial charge in [0.15, 0.2) is 6.19 Å². The van der Waals surface area contributed by atoms with E-state index in [9.17, 15) is 0 Å². The van der Waals surface area contributed by atoms with Crippen molar-refractivity contribution in [3.05, 3.63) is 18.2 Å². The van der Waals surface area contributed by atoms with Crippen LogP contribution in [0.4, 0.5) is 0 Å². The number of aryl methyl sites for hydroxylation is 1. The first kappa shape index (κ1) is 5.83. The van der Waals surface area contributed by atoms with Gasteiger partial charge < -0.3 is 0 Å². The van der Waals surface area contributed by atoms with E-state index in [1.807, 2.05) is 13.1 Å². The minimum atomic E-state index is 0.806. The lowest BCUT2D eigenvalue weighted by Gasteiger charge is -1.89. The summed E-state index contributed by atoms with van der Waals surface area (Å²) in [5.41, 5.74) is 0. The molecule has 3 heteroatoms. The fraction of sp³-hybridized carbons (Fsp3) is 0.333. The normalized spacial score (nSPS) is 8.89. The molecule has 0 aliphatic rings. The van der Waals surface area contributed by atoms with Crippen molar-refractivity contribution in [1.82, 2.24) is 9.55 Å². The van der Waals surface area contributed by atoms with Gasteiger partial charge in [0.05, 0.1) is 0 Å². The number of aromatic nitrogens is 2. The molecule has 0 aliphatic heterocycles. The van der Waals surface area contributed by atoms with Crippen LogP contribution in [-0.2, 0) is 6.42 Å². The van der Waals surface area contributed by atoms with Gasteiger partial charge in [-0.1, -0.05) is 6.92 Å². The van der Waals surface area contributed by atoms with E-state index in [0.717, 1.165) is 12.2 Å². The van der Waals surface area contributed by atoms with E-state index in [1.54, 1.807) is 12.4 Å². The summed E-state index contributed by atoms with van der Waals surface area (Å²) in [4.78, 5) is 3.95. The maximum Gasteiger partial charge on any atom is 0.189 e. The predicted molar refractivity (Wildman–Crippen MR) is 32.6 cm³/mol. The Morgan fingerprint density at radius 1 is 1.89 bits per heavy atom. The zero-order valence-corrected chi connectivity index (χ0v) is 5.20. The van der Waals surface area contributed by atoms with Crippen LogP contribution < -0.4 is 0 Å². The molecule has 0 aliphatic carbocycles. The molecule has 0 bridgehead atoms. The van der Waals surface area contributed by atoms with E-state index in [4.69, 9.17) is 5.26 Å². The molecule has 0 N–H and O–H groups in total. The molecule has 1 aromatic heterocycles. The van der Waals surface area contributed by atoms with Crippen molar-refractivity contribution in [2.24, 2.45) is 0 Å². The average molecular weight is 121 g/mol. The van der Waals surface area contributed by atoms with Gasteiger partial charge in [0.2, 0.25) is 0 Å². The Balaban J connectivity index is 3.02. The average Bonchev–Trinajstić information content (AvgIpc) is 2.33. The fourth-order valence-electron chi connectivity index (χ4n) is 0.687. The first-order valence-electron chi connectivity index (χ1n) is 2.80. The molecule has 0 atom stereocenters. The largest absolute Gasteiger partial charge is 0.241 e. The lowest BCUT2D eigenvalue weighted by molar-refractivity contribution is 0.902. The number of imidazole rings is 1. The molecule has 1 heterocycles. The van der Waals surface area contributed by atoms with E-state index < -0.39 is 0 Å². The SMILES string of the molecule is CCc1nccn1C#N. The molecule has 1 aromatic rings. The van der Waals surface area contributed by atoms with E-state index in [1.165, 1.54) is 4.57 Å². The summed E-state index contributed by atoms with van der Waals surface area (Å²) < 4.78 is 1.46. The van der Waals surface area contributed by atoms with Crippen LogP contribution in [0.15, 0.2) is 12.4 Å². The molecular weight excluding hydrogens is 114 g/mol. The van der Waals surface area contributed by atoms with Gasteiger partial charge in [-0.3, -0.25) is 0 Å². The summed E-state index contributed by atoms with van der Waals surface area (Å²) in [5.74, 6) is 0.817. The molecule has 9 heavy (non-hydrogen) atoms. The Morgan fingerprint density at radius 3 is 3.11 bits per heavy atom. The van der Waals surface area contributed by atoms with E-state index in [2.05, 4.69) is 4.98 Å². The van der Waals surface area contributed by atoms with E-state index >= 15 is 0 Å². The van der Waals surface area contributed by atoms with Crippen LogP contribution in [0.3, 0.4) is 0 Å². The highest BCUT2D eigenvalue weighted by atomic mass is 15.0. The topological polar surface area (TPSA) is 41.6 Å². The monoisotopic (exact) mass is 121 g/mol. The highest BCUT2D eigenvalue weighted by Gasteiger charge is 1.94. The summed E-state index contributed by atoms with van der Waals surface area (Å²) >= 11 is 0. The Morgan fingerprint density at radius 2 is 2.67 bits per heavy atom. The minimum Gasteiger partial charge on any atom is -0.241 e. The van der Waals surface area contributed by atoms with Crippen molar-refractivity contribution in [2.45, 2.75) is 13.3 Å². The maximum absolute atomic E-state index is 8.41. The van der Waals surface area contributed by atoms with Crippen LogP contribution in [0.2, 0.25) is 0 Å². The summed E-state index contributed by atoms with van der Waals surface area (Å²) in [7, 11) is 0. The second kappa shape index (κ2) is 2.31. The molecule has 46 valence electrons. The molecule has 1 rings (SSSR count). The van der Waals surface area contributed by atoms with Crippen molar-refractivity contribution in [3.8, 4) is 6.19 Å². The van der Waals surface area contributed by atoms with Crippen molar-refractivity contribution < 1.29 is 0 Å². The smallest absolute Gasteiger partial charge is 0.189 e. The minimum absolute atomic E-state index is 0.806. The van der Waals surface area contributed by atoms with Crippen molar-refractivity contribution >= 4 is 0 Å². The van der Waals surface area contributed by atoms with Crippen molar-refractivity contribution in [3.63, 3.8) is 0 Å². The summed E-state index contributed by atoms with van der Waals surface area (Å²) in [6, 6.07) is 0. The molecule has 0 saturated heterocycles. The Kier molecular flexibility index (Phi) is 1.50. The molecule has 0 saturated carbocycles. The number of hydrogen-bond acceptors (Lipinski definition) is 2. The molecule has 3 nitrogen and oxygen atoms in total. The molecule has 0 amide bonds. The molecule has 0 unspecified atom stereocenters. The molecule has 0 aromatic carbocycles. The van der Waals surface area contributed by atoms with Crippen LogP contribution in [0, 0.1) is 11.5 Å². The van der Waals surface area contributed by atoms with Crippen molar-refractivity contribution in [1.29, 1.82) is 5.26 Å². The zero-order valence-electron chi connectivity index (χ0n) is 5.20. The Bertz CT molecular complexity index is 231. The third-order valence-electron chi connectivity index (χ3n) is 1.14. The maximum atomic E-state index is 8.41. The summed E-state index contributed by atoms with van der Waals surface area (Å²) in [6.45, 7) is 1.97. The molecule has 0 fully saturated rings. The molecular formula is C6H7N3. The summed E-state index contributed by atoms with van der Waals surface area (Å²) in [6.07, 6.45) is 6.07. The van der Waals surface area contributed by atoms with Crippen LogP contribution in [0.5, 0.6) is 0 Å².